The number of thiocarbonyl (C=S) groups is 1. The summed E-state index contributed by atoms with van der Waals surface area (Å²) in [7, 11) is -3.11. The van der Waals surface area contributed by atoms with Gasteiger partial charge in [-0.15, -0.1) is 0 Å². The van der Waals surface area contributed by atoms with E-state index in [1.54, 1.807) is 17.9 Å². The van der Waals surface area contributed by atoms with Crippen LogP contribution in [0.4, 0.5) is 0 Å². The standard InChI is InChI=1S/C19H22N2O4S3/c1-3-20(15-9-10-28(24,25)12-15)17(22)13(2)21-18(23)16(27-19(21)26)11-14-7-5-4-6-8-14/h4-8,11,13,15H,3,9-10,12H2,1-2H3/b16-11+/t13-,15+/m1/s1. The second kappa shape index (κ2) is 8.34. The predicted octanol–water partition coefficient (Wildman–Crippen LogP) is 2.31. The van der Waals surface area contributed by atoms with Crippen LogP contribution in [0, 0.1) is 0 Å². The zero-order valence-corrected chi connectivity index (χ0v) is 18.1. The van der Waals surface area contributed by atoms with Gasteiger partial charge in [-0.1, -0.05) is 54.3 Å². The van der Waals surface area contributed by atoms with E-state index in [0.717, 1.165) is 5.56 Å². The van der Waals surface area contributed by atoms with Crippen molar-refractivity contribution in [3.05, 3.63) is 40.8 Å². The number of likely N-dealkylation sites (N-methyl/N-ethyl adjacent to an activating group) is 1. The highest BCUT2D eigenvalue weighted by Crippen LogP contribution is 2.34. The summed E-state index contributed by atoms with van der Waals surface area (Å²) >= 11 is 6.54. The Morgan fingerprint density at radius 2 is 2.07 bits per heavy atom. The number of sulfone groups is 1. The molecule has 3 rings (SSSR count). The van der Waals surface area contributed by atoms with Crippen molar-refractivity contribution in [2.45, 2.75) is 32.4 Å². The minimum atomic E-state index is -3.11. The van der Waals surface area contributed by atoms with E-state index in [1.165, 1.54) is 16.7 Å². The number of nitrogens with zero attached hydrogens (tertiary/aromatic N) is 2. The van der Waals surface area contributed by atoms with E-state index in [2.05, 4.69) is 0 Å². The van der Waals surface area contributed by atoms with Gasteiger partial charge in [0.15, 0.2) is 9.84 Å². The van der Waals surface area contributed by atoms with Gasteiger partial charge in [0.1, 0.15) is 10.4 Å². The van der Waals surface area contributed by atoms with Gasteiger partial charge in [0.2, 0.25) is 5.91 Å². The van der Waals surface area contributed by atoms with Gasteiger partial charge in [0, 0.05) is 12.6 Å². The highest BCUT2D eigenvalue weighted by atomic mass is 32.2. The fraction of sp³-hybridized carbons (Fsp3) is 0.421. The molecule has 150 valence electrons. The highest BCUT2D eigenvalue weighted by Gasteiger charge is 2.42. The average Bonchev–Trinajstić information content (AvgIpc) is 3.14. The lowest BCUT2D eigenvalue weighted by Gasteiger charge is -2.32. The molecule has 0 spiro atoms. The van der Waals surface area contributed by atoms with Gasteiger partial charge in [-0.2, -0.15) is 0 Å². The topological polar surface area (TPSA) is 74.8 Å². The molecule has 2 atom stereocenters. The number of hydrogen-bond donors (Lipinski definition) is 0. The Morgan fingerprint density at radius 1 is 1.39 bits per heavy atom. The molecule has 2 heterocycles. The number of carbonyl (C=O) groups is 2. The Morgan fingerprint density at radius 3 is 2.64 bits per heavy atom. The summed E-state index contributed by atoms with van der Waals surface area (Å²) in [6.45, 7) is 3.85. The SMILES string of the molecule is CCN(C(=O)[C@@H](C)N1C(=O)/C(=C\c2ccccc2)SC1=S)[C@H]1CCS(=O)(=O)C1. The molecule has 0 saturated carbocycles. The summed E-state index contributed by atoms with van der Waals surface area (Å²) < 4.78 is 23.9. The Hall–Kier alpha value is -1.71. The Bertz CT molecular complexity index is 928. The summed E-state index contributed by atoms with van der Waals surface area (Å²) in [5.74, 6) is -0.501. The van der Waals surface area contributed by atoms with Crippen LogP contribution >= 0.6 is 24.0 Å². The molecule has 28 heavy (non-hydrogen) atoms. The minimum Gasteiger partial charge on any atom is -0.337 e. The smallest absolute Gasteiger partial charge is 0.266 e. The van der Waals surface area contributed by atoms with Gasteiger partial charge in [0.05, 0.1) is 16.4 Å². The van der Waals surface area contributed by atoms with Crippen molar-refractivity contribution >= 4 is 56.0 Å². The molecule has 0 N–H and O–H groups in total. The number of thioether (sulfide) groups is 1. The van der Waals surface area contributed by atoms with Crippen molar-refractivity contribution in [2.24, 2.45) is 0 Å². The van der Waals surface area contributed by atoms with Crippen molar-refractivity contribution in [2.75, 3.05) is 18.1 Å². The lowest BCUT2D eigenvalue weighted by molar-refractivity contribution is -0.140. The van der Waals surface area contributed by atoms with Crippen molar-refractivity contribution in [1.29, 1.82) is 0 Å². The van der Waals surface area contributed by atoms with E-state index in [9.17, 15) is 18.0 Å². The molecule has 0 aromatic heterocycles. The Kier molecular flexibility index (Phi) is 6.26. The largest absolute Gasteiger partial charge is 0.337 e. The third kappa shape index (κ3) is 4.31. The Labute approximate surface area is 174 Å². The number of amides is 2. The van der Waals surface area contributed by atoms with Crippen LogP contribution in [0.15, 0.2) is 35.2 Å². The first-order valence-electron chi connectivity index (χ1n) is 9.06. The van der Waals surface area contributed by atoms with Gasteiger partial charge < -0.3 is 4.90 Å². The van der Waals surface area contributed by atoms with Gasteiger partial charge in [-0.05, 0) is 31.9 Å². The molecule has 2 amide bonds. The fourth-order valence-electron chi connectivity index (χ4n) is 3.48. The number of benzene rings is 1. The maximum atomic E-state index is 13.1. The van der Waals surface area contributed by atoms with E-state index in [1.807, 2.05) is 37.3 Å². The summed E-state index contributed by atoms with van der Waals surface area (Å²) in [6, 6.07) is 8.31. The normalized spacial score (nSPS) is 24.0. The van der Waals surface area contributed by atoms with Crippen molar-refractivity contribution in [3.8, 4) is 0 Å². The summed E-state index contributed by atoms with van der Waals surface area (Å²) in [4.78, 5) is 29.3. The molecule has 0 unspecified atom stereocenters. The van der Waals surface area contributed by atoms with E-state index in [0.29, 0.717) is 22.2 Å². The van der Waals surface area contributed by atoms with E-state index in [4.69, 9.17) is 12.2 Å². The molecule has 2 saturated heterocycles. The monoisotopic (exact) mass is 438 g/mol. The summed E-state index contributed by atoms with van der Waals surface area (Å²) in [5.41, 5.74) is 0.883. The van der Waals surface area contributed by atoms with Gasteiger partial charge in [0.25, 0.3) is 5.91 Å². The number of rotatable bonds is 5. The third-order valence-corrected chi connectivity index (χ3v) is 8.02. The van der Waals surface area contributed by atoms with Crippen LogP contribution < -0.4 is 0 Å². The van der Waals surface area contributed by atoms with Gasteiger partial charge in [-0.25, -0.2) is 8.42 Å². The van der Waals surface area contributed by atoms with Crippen molar-refractivity contribution in [1.82, 2.24) is 9.80 Å². The van der Waals surface area contributed by atoms with Crippen LogP contribution in [-0.2, 0) is 19.4 Å². The van der Waals surface area contributed by atoms with Crippen LogP contribution in [-0.4, -0.2) is 64.5 Å². The first kappa shape index (κ1) is 21.0. The first-order chi connectivity index (χ1) is 13.2. The first-order valence-corrected chi connectivity index (χ1v) is 12.1. The second-order valence-electron chi connectivity index (χ2n) is 6.82. The summed E-state index contributed by atoms with van der Waals surface area (Å²) in [5, 5.41) is 0. The molecule has 0 aliphatic carbocycles. The maximum absolute atomic E-state index is 13.1. The molecule has 1 aromatic carbocycles. The van der Waals surface area contributed by atoms with Crippen LogP contribution in [0.3, 0.4) is 0 Å². The predicted molar refractivity (Wildman–Crippen MR) is 115 cm³/mol. The lowest BCUT2D eigenvalue weighted by atomic mass is 10.1. The summed E-state index contributed by atoms with van der Waals surface area (Å²) in [6.07, 6.45) is 2.19. The quantitative estimate of drug-likeness (QED) is 0.519. The number of hydrogen-bond acceptors (Lipinski definition) is 6. The van der Waals surface area contributed by atoms with Crippen LogP contribution in [0.2, 0.25) is 0 Å². The van der Waals surface area contributed by atoms with Crippen LogP contribution in [0.1, 0.15) is 25.8 Å². The molecular formula is C19H22N2O4S3. The fourth-order valence-corrected chi connectivity index (χ4v) is 6.63. The van der Waals surface area contributed by atoms with Gasteiger partial charge in [-0.3, -0.25) is 14.5 Å². The zero-order chi connectivity index (χ0) is 20.5. The second-order valence-corrected chi connectivity index (χ2v) is 10.7. The lowest BCUT2D eigenvalue weighted by Crippen LogP contribution is -2.52. The molecule has 0 radical (unpaired) electrons. The van der Waals surface area contributed by atoms with E-state index >= 15 is 0 Å². The molecular weight excluding hydrogens is 416 g/mol. The van der Waals surface area contributed by atoms with Crippen LogP contribution in [0.5, 0.6) is 0 Å². The average molecular weight is 439 g/mol. The molecule has 2 aliphatic rings. The Balaban J connectivity index is 1.78. The van der Waals surface area contributed by atoms with Crippen molar-refractivity contribution in [3.63, 3.8) is 0 Å². The molecule has 2 aliphatic heterocycles. The highest BCUT2D eigenvalue weighted by molar-refractivity contribution is 8.26. The van der Waals surface area contributed by atoms with Crippen LogP contribution in [0.25, 0.3) is 6.08 Å². The van der Waals surface area contributed by atoms with Crippen molar-refractivity contribution < 1.29 is 18.0 Å². The third-order valence-electron chi connectivity index (χ3n) is 4.94. The minimum absolute atomic E-state index is 0.0222. The van der Waals surface area contributed by atoms with E-state index in [-0.39, 0.29) is 29.4 Å². The molecule has 0 bridgehead atoms. The van der Waals surface area contributed by atoms with Gasteiger partial charge >= 0.3 is 0 Å². The molecule has 6 nitrogen and oxygen atoms in total. The molecule has 1 aromatic rings. The van der Waals surface area contributed by atoms with E-state index < -0.39 is 15.9 Å². The number of carbonyl (C=O) groups excluding carboxylic acids is 2. The molecule has 9 heteroatoms. The molecule has 2 fully saturated rings. The maximum Gasteiger partial charge on any atom is 0.266 e. The zero-order valence-electron chi connectivity index (χ0n) is 15.7.